The third-order valence-corrected chi connectivity index (χ3v) is 1.05. The van der Waals surface area contributed by atoms with Crippen LogP contribution in [0.4, 0.5) is 8.63 Å². The maximum Gasteiger partial charge on any atom is 1.00 e. The summed E-state index contributed by atoms with van der Waals surface area (Å²) in [7, 11) is -2.34. The van der Waals surface area contributed by atoms with Gasteiger partial charge < -0.3 is 4.70 Å². The Labute approximate surface area is 106 Å². The average Bonchev–Trinajstić information content (AvgIpc) is 1.90. The van der Waals surface area contributed by atoms with Gasteiger partial charge in [0.25, 0.3) is 0 Å². The molecule has 1 rings (SSSR count). The molecule has 1 aromatic rings. The molecule has 0 bridgehead atoms. The van der Waals surface area contributed by atoms with Gasteiger partial charge in [-0.2, -0.15) is 0 Å². The van der Waals surface area contributed by atoms with Crippen LogP contribution in [-0.2, 0) is 0 Å². The second-order valence-electron chi connectivity index (χ2n) is 1.71. The van der Waals surface area contributed by atoms with E-state index < -0.39 is 7.27 Å². The minimum atomic E-state index is -2.34. The summed E-state index contributed by atoms with van der Waals surface area (Å²) in [5.74, 6) is 0. The topological polar surface area (TPSA) is 0 Å². The molecule has 1 aromatic carbocycles. The SMILES string of the molecule is FB(F)c1ccccc1.[F-].[K+]. The first kappa shape index (κ1) is 14.2. The van der Waals surface area contributed by atoms with Crippen molar-refractivity contribution >= 4 is 12.7 Å². The van der Waals surface area contributed by atoms with Crippen LogP contribution < -0.4 is 61.6 Å². The fourth-order valence-electron chi connectivity index (χ4n) is 0.599. The Balaban J connectivity index is 0. The Kier molecular flexibility index (Phi) is 9.54. The van der Waals surface area contributed by atoms with Crippen LogP contribution in [0.3, 0.4) is 0 Å². The van der Waals surface area contributed by atoms with Crippen molar-refractivity contribution in [1.82, 2.24) is 0 Å². The molecule has 11 heavy (non-hydrogen) atoms. The van der Waals surface area contributed by atoms with Crippen molar-refractivity contribution in [2.24, 2.45) is 0 Å². The van der Waals surface area contributed by atoms with E-state index in [2.05, 4.69) is 0 Å². The number of hydrogen-bond donors (Lipinski definition) is 0. The van der Waals surface area contributed by atoms with Crippen molar-refractivity contribution in [1.29, 1.82) is 0 Å². The largest absolute Gasteiger partial charge is 1.00 e. The molecule has 0 aromatic heterocycles. The van der Waals surface area contributed by atoms with Crippen molar-refractivity contribution in [3.8, 4) is 0 Å². The van der Waals surface area contributed by atoms with E-state index in [1.54, 1.807) is 18.2 Å². The number of hydrogen-bond acceptors (Lipinski definition) is 0. The van der Waals surface area contributed by atoms with Gasteiger partial charge in [0.1, 0.15) is 0 Å². The minimum Gasteiger partial charge on any atom is -1.00 e. The quantitative estimate of drug-likeness (QED) is 0.385. The predicted molar refractivity (Wildman–Crippen MR) is 34.0 cm³/mol. The number of halogens is 3. The summed E-state index contributed by atoms with van der Waals surface area (Å²) < 4.78 is 23.5. The fourth-order valence-corrected chi connectivity index (χ4v) is 0.599. The predicted octanol–water partition coefficient (Wildman–Crippen LogP) is -4.67. The second-order valence-corrected chi connectivity index (χ2v) is 1.71. The monoisotopic (exact) mass is 184 g/mol. The molecule has 0 aliphatic rings. The summed E-state index contributed by atoms with van der Waals surface area (Å²) in [5.41, 5.74) is 0.0810. The standard InChI is InChI=1S/C6H5BF2.FH.K/c8-7(9)6-4-2-1-3-5-6;;/h1-5H;1H;/q;;+1/p-1. The third-order valence-electron chi connectivity index (χ3n) is 1.05. The average molecular weight is 184 g/mol. The molecular formula is C6H5BF3K. The van der Waals surface area contributed by atoms with E-state index >= 15 is 0 Å². The van der Waals surface area contributed by atoms with E-state index in [1.165, 1.54) is 12.1 Å². The second kappa shape index (κ2) is 7.37. The molecule has 0 aliphatic carbocycles. The normalized spacial score (nSPS) is 7.45. The Morgan fingerprint density at radius 1 is 1.00 bits per heavy atom. The summed E-state index contributed by atoms with van der Waals surface area (Å²) in [6, 6.07) is 7.73. The first-order valence-electron chi connectivity index (χ1n) is 2.64. The van der Waals surface area contributed by atoms with Gasteiger partial charge in [0, 0.05) is 0 Å². The summed E-state index contributed by atoms with van der Waals surface area (Å²) in [6.07, 6.45) is 0. The van der Waals surface area contributed by atoms with E-state index in [0.29, 0.717) is 0 Å². The molecule has 0 nitrogen and oxygen atoms in total. The van der Waals surface area contributed by atoms with Crippen LogP contribution in [0.15, 0.2) is 30.3 Å². The Morgan fingerprint density at radius 3 is 1.73 bits per heavy atom. The first-order chi connectivity index (χ1) is 4.30. The van der Waals surface area contributed by atoms with Gasteiger partial charge in [-0.1, -0.05) is 30.3 Å². The van der Waals surface area contributed by atoms with Crippen LogP contribution in [0.5, 0.6) is 0 Å². The molecule has 5 heteroatoms. The molecule has 0 atom stereocenters. The zero-order valence-electron chi connectivity index (χ0n) is 6.10. The van der Waals surface area contributed by atoms with Gasteiger partial charge in [0.05, 0.1) is 0 Å². The van der Waals surface area contributed by atoms with Crippen molar-refractivity contribution < 1.29 is 64.7 Å². The zero-order chi connectivity index (χ0) is 6.69. The molecule has 54 valence electrons. The van der Waals surface area contributed by atoms with Crippen molar-refractivity contribution in [3.05, 3.63) is 30.3 Å². The maximum absolute atomic E-state index is 11.8. The first-order valence-corrected chi connectivity index (χ1v) is 2.64. The van der Waals surface area contributed by atoms with Crippen LogP contribution in [0.2, 0.25) is 0 Å². The van der Waals surface area contributed by atoms with E-state index in [0.717, 1.165) is 0 Å². The van der Waals surface area contributed by atoms with Gasteiger partial charge >= 0.3 is 58.7 Å². The van der Waals surface area contributed by atoms with E-state index in [-0.39, 0.29) is 61.6 Å². The van der Waals surface area contributed by atoms with Crippen LogP contribution in [0.1, 0.15) is 0 Å². The van der Waals surface area contributed by atoms with Gasteiger partial charge in [0.2, 0.25) is 0 Å². The zero-order valence-corrected chi connectivity index (χ0v) is 9.22. The van der Waals surface area contributed by atoms with Gasteiger partial charge in [-0.15, -0.1) is 0 Å². The molecule has 0 fully saturated rings. The summed E-state index contributed by atoms with van der Waals surface area (Å²) in [4.78, 5) is 0. The maximum atomic E-state index is 11.8. The molecular weight excluding hydrogens is 179 g/mol. The third kappa shape index (κ3) is 5.03. The summed E-state index contributed by atoms with van der Waals surface area (Å²) >= 11 is 0. The molecule has 0 radical (unpaired) electrons. The van der Waals surface area contributed by atoms with Crippen molar-refractivity contribution in [2.75, 3.05) is 0 Å². The van der Waals surface area contributed by atoms with Gasteiger partial charge in [-0.05, 0) is 5.46 Å². The molecule has 0 saturated heterocycles. The molecule has 0 saturated carbocycles. The van der Waals surface area contributed by atoms with Crippen molar-refractivity contribution in [3.63, 3.8) is 0 Å². The number of benzene rings is 1. The van der Waals surface area contributed by atoms with Crippen LogP contribution in [0, 0.1) is 0 Å². The smallest absolute Gasteiger partial charge is 1.00 e. The molecule has 0 N–H and O–H groups in total. The van der Waals surface area contributed by atoms with Crippen LogP contribution in [0.25, 0.3) is 0 Å². The number of rotatable bonds is 1. The van der Waals surface area contributed by atoms with Crippen LogP contribution >= 0.6 is 0 Å². The Hall–Kier alpha value is 0.711. The van der Waals surface area contributed by atoms with Gasteiger partial charge in [-0.3, -0.25) is 8.63 Å². The van der Waals surface area contributed by atoms with Crippen molar-refractivity contribution in [2.45, 2.75) is 0 Å². The molecule has 0 aliphatic heterocycles. The summed E-state index contributed by atoms with van der Waals surface area (Å²) in [6.45, 7) is 0. The Bertz CT molecular complexity index is 180. The fraction of sp³-hybridized carbons (Fsp3) is 0. The van der Waals surface area contributed by atoms with Crippen LogP contribution in [-0.4, -0.2) is 7.27 Å². The van der Waals surface area contributed by atoms with E-state index in [1.807, 2.05) is 0 Å². The molecule has 0 heterocycles. The van der Waals surface area contributed by atoms with Gasteiger partial charge in [0.15, 0.2) is 0 Å². The molecule has 0 spiro atoms. The molecule has 0 unspecified atom stereocenters. The Morgan fingerprint density at radius 2 is 1.45 bits per heavy atom. The van der Waals surface area contributed by atoms with Gasteiger partial charge in [-0.25, -0.2) is 0 Å². The van der Waals surface area contributed by atoms with E-state index in [4.69, 9.17) is 0 Å². The summed E-state index contributed by atoms with van der Waals surface area (Å²) in [5, 5.41) is 0. The van der Waals surface area contributed by atoms with E-state index in [9.17, 15) is 8.63 Å². The molecule has 0 amide bonds. The minimum absolute atomic E-state index is 0.